The lowest BCUT2D eigenvalue weighted by Crippen LogP contribution is -2.06. The quantitative estimate of drug-likeness (QED) is 0.440. The van der Waals surface area contributed by atoms with Crippen molar-refractivity contribution in [3.05, 3.63) is 49.6 Å². The fourth-order valence-corrected chi connectivity index (χ4v) is 1.29. The largest absolute Gasteiger partial charge is 0.508 e. The van der Waals surface area contributed by atoms with Gasteiger partial charge < -0.3 is 29.2 Å². The van der Waals surface area contributed by atoms with Gasteiger partial charge in [0, 0.05) is 18.2 Å². The smallest absolute Gasteiger partial charge is 0.330 e. The molecule has 0 amide bonds. The first-order chi connectivity index (χ1) is 12.4. The molecular formula is C18H22O8. The van der Waals surface area contributed by atoms with Crippen molar-refractivity contribution < 1.29 is 38.7 Å². The first-order valence-electron chi connectivity index (χ1n) is 7.74. The number of rotatable bonds is 6. The van der Waals surface area contributed by atoms with E-state index < -0.39 is 0 Å². The molecule has 2 atom stereocenters. The zero-order valence-corrected chi connectivity index (χ0v) is 14.2. The molecule has 0 spiro atoms. The zero-order chi connectivity index (χ0) is 19.4. The molecule has 0 saturated carbocycles. The van der Waals surface area contributed by atoms with Crippen molar-refractivity contribution in [2.75, 3.05) is 26.4 Å². The Kier molecular flexibility index (Phi) is 9.52. The number of hydrogen-bond donors (Lipinski definition) is 2. The maximum Gasteiger partial charge on any atom is 0.330 e. The summed E-state index contributed by atoms with van der Waals surface area (Å²) in [6, 6.07) is 5.85. The lowest BCUT2D eigenvalue weighted by Gasteiger charge is -1.94. The summed E-state index contributed by atoms with van der Waals surface area (Å²) in [7, 11) is 0. The highest BCUT2D eigenvalue weighted by Crippen LogP contribution is 2.14. The number of aromatic hydroxyl groups is 2. The molecule has 2 aliphatic rings. The third kappa shape index (κ3) is 11.7. The number of ether oxygens (including phenoxy) is 4. The lowest BCUT2D eigenvalue weighted by molar-refractivity contribution is -0.139. The van der Waals surface area contributed by atoms with Gasteiger partial charge in [0.2, 0.25) is 0 Å². The minimum atomic E-state index is -0.384. The second-order valence-electron chi connectivity index (χ2n) is 5.10. The number of benzene rings is 1. The summed E-state index contributed by atoms with van der Waals surface area (Å²) in [5, 5.41) is 17.3. The van der Waals surface area contributed by atoms with Gasteiger partial charge in [-0.25, -0.2) is 9.59 Å². The summed E-state index contributed by atoms with van der Waals surface area (Å²) in [5.74, 6) is -0.592. The maximum absolute atomic E-state index is 10.3. The Bertz CT molecular complexity index is 556. The van der Waals surface area contributed by atoms with Crippen LogP contribution in [0.4, 0.5) is 0 Å². The van der Waals surface area contributed by atoms with E-state index in [1.54, 1.807) is 6.07 Å². The van der Waals surface area contributed by atoms with E-state index in [0.717, 1.165) is 12.2 Å². The van der Waals surface area contributed by atoms with Crippen LogP contribution in [0, 0.1) is 0 Å². The van der Waals surface area contributed by atoms with E-state index in [2.05, 4.69) is 22.6 Å². The van der Waals surface area contributed by atoms with Crippen molar-refractivity contribution in [3.63, 3.8) is 0 Å². The summed E-state index contributed by atoms with van der Waals surface area (Å²) < 4.78 is 18.8. The van der Waals surface area contributed by atoms with Crippen LogP contribution in [0.2, 0.25) is 0 Å². The highest BCUT2D eigenvalue weighted by Gasteiger charge is 2.24. The Labute approximate surface area is 151 Å². The van der Waals surface area contributed by atoms with Crippen LogP contribution in [0.1, 0.15) is 0 Å². The molecule has 2 heterocycles. The summed E-state index contributed by atoms with van der Waals surface area (Å²) in [5.41, 5.74) is 0. The maximum atomic E-state index is 10.3. The number of epoxide rings is 2. The van der Waals surface area contributed by atoms with E-state index in [0.29, 0.717) is 26.4 Å². The van der Waals surface area contributed by atoms with Gasteiger partial charge in [-0.15, -0.1) is 0 Å². The van der Waals surface area contributed by atoms with Crippen LogP contribution >= 0.6 is 0 Å². The molecule has 2 fully saturated rings. The normalized spacial score (nSPS) is 18.6. The molecule has 0 aromatic heterocycles. The molecule has 26 heavy (non-hydrogen) atoms. The molecule has 142 valence electrons. The number of hydrogen-bond acceptors (Lipinski definition) is 8. The van der Waals surface area contributed by atoms with Crippen LogP contribution < -0.4 is 0 Å². The fraction of sp³-hybridized carbons (Fsp3) is 0.333. The SMILES string of the molecule is C=CC(=O)OCC1CO1.C=CC(=O)OCC1CO1.Oc1cccc(O)c1. The zero-order valence-electron chi connectivity index (χ0n) is 14.2. The van der Waals surface area contributed by atoms with Crippen LogP contribution in [-0.2, 0) is 28.5 Å². The number of phenolic OH excluding ortho intramolecular Hbond substituents is 2. The highest BCUT2D eigenvalue weighted by molar-refractivity contribution is 5.81. The molecule has 1 aromatic carbocycles. The second kappa shape index (κ2) is 11.7. The van der Waals surface area contributed by atoms with Crippen molar-refractivity contribution in [1.82, 2.24) is 0 Å². The molecule has 2 aliphatic heterocycles. The van der Waals surface area contributed by atoms with E-state index in [9.17, 15) is 9.59 Å². The van der Waals surface area contributed by atoms with E-state index in [1.165, 1.54) is 18.2 Å². The molecule has 0 bridgehead atoms. The summed E-state index contributed by atoms with van der Waals surface area (Å²) >= 11 is 0. The van der Waals surface area contributed by atoms with Crippen molar-refractivity contribution in [2.45, 2.75) is 12.2 Å². The van der Waals surface area contributed by atoms with Gasteiger partial charge in [0.1, 0.15) is 36.9 Å². The van der Waals surface area contributed by atoms with Crippen molar-refractivity contribution in [1.29, 1.82) is 0 Å². The first kappa shape index (κ1) is 21.2. The van der Waals surface area contributed by atoms with E-state index >= 15 is 0 Å². The first-order valence-corrected chi connectivity index (χ1v) is 7.74. The van der Waals surface area contributed by atoms with Gasteiger partial charge >= 0.3 is 11.9 Å². The molecule has 2 unspecified atom stereocenters. The van der Waals surface area contributed by atoms with Gasteiger partial charge in [-0.2, -0.15) is 0 Å². The van der Waals surface area contributed by atoms with Gasteiger partial charge in [0.25, 0.3) is 0 Å². The number of phenols is 2. The van der Waals surface area contributed by atoms with Gasteiger partial charge in [-0.1, -0.05) is 19.2 Å². The van der Waals surface area contributed by atoms with E-state index in [-0.39, 0.29) is 35.6 Å². The predicted molar refractivity (Wildman–Crippen MR) is 91.6 cm³/mol. The van der Waals surface area contributed by atoms with E-state index in [1.807, 2.05) is 0 Å². The Morgan fingerprint density at radius 1 is 1.00 bits per heavy atom. The number of esters is 2. The Hall–Kier alpha value is -2.84. The Balaban J connectivity index is 0.000000195. The third-order valence-corrected chi connectivity index (χ3v) is 2.79. The Morgan fingerprint density at radius 3 is 1.62 bits per heavy atom. The van der Waals surface area contributed by atoms with Gasteiger partial charge in [-0.3, -0.25) is 0 Å². The van der Waals surface area contributed by atoms with Crippen molar-refractivity contribution >= 4 is 11.9 Å². The molecule has 0 radical (unpaired) electrons. The average molecular weight is 366 g/mol. The standard InChI is InChI=1S/2C6H8O3.C6H6O2/c2*1-2-6(7)9-4-5-3-8-5;7-5-2-1-3-6(8)4-5/h2*2,5H,1,3-4H2;1-4,7-8H. The lowest BCUT2D eigenvalue weighted by atomic mass is 10.3. The summed E-state index contributed by atoms with van der Waals surface area (Å²) in [6.45, 7) is 8.64. The fourth-order valence-electron chi connectivity index (χ4n) is 1.29. The molecular weight excluding hydrogens is 344 g/mol. The van der Waals surface area contributed by atoms with Crippen molar-refractivity contribution in [3.8, 4) is 11.5 Å². The molecule has 0 aliphatic carbocycles. The van der Waals surface area contributed by atoms with Gasteiger partial charge in [0.15, 0.2) is 0 Å². The minimum Gasteiger partial charge on any atom is -0.508 e. The molecule has 8 nitrogen and oxygen atoms in total. The highest BCUT2D eigenvalue weighted by atomic mass is 16.6. The second-order valence-corrected chi connectivity index (χ2v) is 5.10. The number of carbonyl (C=O) groups is 2. The van der Waals surface area contributed by atoms with Crippen LogP contribution in [-0.4, -0.2) is 60.8 Å². The monoisotopic (exact) mass is 366 g/mol. The van der Waals surface area contributed by atoms with Crippen molar-refractivity contribution in [2.24, 2.45) is 0 Å². The van der Waals surface area contributed by atoms with Crippen LogP contribution in [0.15, 0.2) is 49.6 Å². The Morgan fingerprint density at radius 2 is 1.38 bits per heavy atom. The third-order valence-electron chi connectivity index (χ3n) is 2.79. The van der Waals surface area contributed by atoms with Crippen LogP contribution in [0.5, 0.6) is 11.5 Å². The number of carbonyl (C=O) groups excluding carboxylic acids is 2. The molecule has 3 rings (SSSR count). The van der Waals surface area contributed by atoms with E-state index in [4.69, 9.17) is 19.7 Å². The molecule has 2 saturated heterocycles. The molecule has 8 heteroatoms. The summed E-state index contributed by atoms with van der Waals surface area (Å²) in [4.78, 5) is 20.7. The minimum absolute atomic E-state index is 0.0880. The average Bonchev–Trinajstić information content (AvgIpc) is 3.53. The van der Waals surface area contributed by atoms with Gasteiger partial charge in [0.05, 0.1) is 13.2 Å². The summed E-state index contributed by atoms with van der Waals surface area (Å²) in [6.07, 6.45) is 2.58. The van der Waals surface area contributed by atoms with Crippen LogP contribution in [0.25, 0.3) is 0 Å². The predicted octanol–water partition coefficient (Wildman–Crippen LogP) is 1.33. The molecule has 2 N–H and O–H groups in total. The molecule has 1 aromatic rings. The topological polar surface area (TPSA) is 118 Å². The van der Waals surface area contributed by atoms with Gasteiger partial charge in [-0.05, 0) is 12.1 Å². The van der Waals surface area contributed by atoms with Crippen LogP contribution in [0.3, 0.4) is 0 Å².